The molecule has 0 aromatic carbocycles. The third-order valence-corrected chi connectivity index (χ3v) is 5.74. The van der Waals surface area contributed by atoms with Gasteiger partial charge < -0.3 is 31.4 Å². The monoisotopic (exact) mass is 648 g/mol. The van der Waals surface area contributed by atoms with Crippen molar-refractivity contribution in [3.8, 4) is 0 Å². The minimum atomic E-state index is -1.13. The molecular formula is C24H38N3O6W-. The number of ether oxygens (including phenoxy) is 2. The van der Waals surface area contributed by atoms with E-state index in [1.54, 1.807) is 33.8 Å². The van der Waals surface area contributed by atoms with Crippen LogP contribution in [0.2, 0.25) is 0 Å². The second-order valence-corrected chi connectivity index (χ2v) is 10.7. The first-order chi connectivity index (χ1) is 15.2. The number of carbonyl (C=O) groups excluding carboxylic acids is 4. The minimum Gasteiger partial charge on any atom is -0.464 e. The normalized spacial score (nSPS) is 24.9. The molecule has 1 saturated carbocycles. The molecule has 0 bridgehead atoms. The van der Waals surface area contributed by atoms with E-state index in [0.29, 0.717) is 12.8 Å². The Balaban J connectivity index is 0.00000578. The zero-order chi connectivity index (χ0) is 25.2. The van der Waals surface area contributed by atoms with Crippen LogP contribution < -0.4 is 10.6 Å². The van der Waals surface area contributed by atoms with Gasteiger partial charge in [-0.05, 0) is 39.5 Å². The first-order valence-electron chi connectivity index (χ1n) is 11.4. The summed E-state index contributed by atoms with van der Waals surface area (Å²) in [5.41, 5.74) is -2.48. The number of esters is 1. The van der Waals surface area contributed by atoms with Crippen LogP contribution in [0.25, 0.3) is 0 Å². The Bertz CT molecular complexity index is 804. The third-order valence-electron chi connectivity index (χ3n) is 5.74. The summed E-state index contributed by atoms with van der Waals surface area (Å²) in [4.78, 5) is 53.0. The molecule has 9 nitrogen and oxygen atoms in total. The van der Waals surface area contributed by atoms with Crippen LogP contribution in [0.1, 0.15) is 61.3 Å². The SMILES string of the molecule is C=C[C@@H]1C[C@]1(NC(=O)[C@@H]1C[CH-]CN1C(=O)[C@@H](NC(=O)OC(C)(C)C)C(C)(C)C)C(=O)OCC.[W]. The molecule has 10 heteroatoms. The van der Waals surface area contributed by atoms with Crippen LogP contribution in [-0.4, -0.2) is 65.2 Å². The van der Waals surface area contributed by atoms with Gasteiger partial charge in [-0.2, -0.15) is 0 Å². The van der Waals surface area contributed by atoms with Crippen molar-refractivity contribution in [1.29, 1.82) is 0 Å². The Morgan fingerprint density at radius 1 is 1.21 bits per heavy atom. The van der Waals surface area contributed by atoms with E-state index in [1.165, 1.54) is 4.90 Å². The second-order valence-electron chi connectivity index (χ2n) is 10.7. The van der Waals surface area contributed by atoms with E-state index in [1.807, 2.05) is 27.2 Å². The quantitative estimate of drug-likeness (QED) is 0.249. The van der Waals surface area contributed by atoms with Crippen molar-refractivity contribution in [3.63, 3.8) is 0 Å². The number of alkyl carbamates (subject to hydrolysis) is 1. The van der Waals surface area contributed by atoms with Gasteiger partial charge in [0, 0.05) is 27.0 Å². The van der Waals surface area contributed by atoms with Crippen LogP contribution in [0.5, 0.6) is 0 Å². The van der Waals surface area contributed by atoms with Crippen LogP contribution >= 0.6 is 0 Å². The zero-order valence-electron chi connectivity index (χ0n) is 21.2. The Kier molecular flexibility index (Phi) is 9.96. The molecule has 34 heavy (non-hydrogen) atoms. The second kappa shape index (κ2) is 11.2. The van der Waals surface area contributed by atoms with Gasteiger partial charge in [-0.15, -0.1) is 19.5 Å². The van der Waals surface area contributed by atoms with Gasteiger partial charge in [-0.1, -0.05) is 26.8 Å². The van der Waals surface area contributed by atoms with E-state index in [4.69, 9.17) is 9.47 Å². The zero-order valence-corrected chi connectivity index (χ0v) is 24.2. The van der Waals surface area contributed by atoms with E-state index >= 15 is 0 Å². The number of rotatable bonds is 7. The van der Waals surface area contributed by atoms with Gasteiger partial charge in [0.25, 0.3) is 0 Å². The predicted octanol–water partition coefficient (Wildman–Crippen LogP) is 2.35. The number of likely N-dealkylation sites (tertiary alicyclic amines) is 1. The molecule has 0 unspecified atom stereocenters. The van der Waals surface area contributed by atoms with E-state index in [2.05, 4.69) is 17.2 Å². The molecule has 1 aliphatic heterocycles. The third kappa shape index (κ3) is 7.06. The summed E-state index contributed by atoms with van der Waals surface area (Å²) in [6.07, 6.45) is 3.52. The minimum absolute atomic E-state index is 0. The average molecular weight is 648 g/mol. The fourth-order valence-corrected chi connectivity index (χ4v) is 3.92. The Labute approximate surface area is 217 Å². The molecule has 2 N–H and O–H groups in total. The van der Waals surface area contributed by atoms with Crippen molar-refractivity contribution in [2.45, 2.75) is 84.5 Å². The van der Waals surface area contributed by atoms with Crippen LogP contribution in [0, 0.1) is 17.8 Å². The largest absolute Gasteiger partial charge is 0.464 e. The fraction of sp³-hybridized carbons (Fsp3) is 0.708. The van der Waals surface area contributed by atoms with Crippen LogP contribution in [0.4, 0.5) is 4.79 Å². The summed E-state index contributed by atoms with van der Waals surface area (Å²) in [5.74, 6) is -1.53. The molecular weight excluding hydrogens is 610 g/mol. The van der Waals surface area contributed by atoms with Gasteiger partial charge in [0.2, 0.25) is 11.8 Å². The molecule has 0 radical (unpaired) electrons. The smallest absolute Gasteiger partial charge is 0.408 e. The molecule has 2 aliphatic rings. The maximum atomic E-state index is 13.5. The van der Waals surface area contributed by atoms with Crippen LogP contribution in [0.3, 0.4) is 0 Å². The van der Waals surface area contributed by atoms with E-state index < -0.39 is 46.6 Å². The van der Waals surface area contributed by atoms with Gasteiger partial charge in [-0.25, -0.2) is 9.59 Å². The maximum absolute atomic E-state index is 13.5. The summed E-state index contributed by atoms with van der Waals surface area (Å²) in [6, 6.07) is -1.70. The Morgan fingerprint density at radius 3 is 2.29 bits per heavy atom. The maximum Gasteiger partial charge on any atom is 0.408 e. The summed E-state index contributed by atoms with van der Waals surface area (Å²) in [6.45, 7) is 16.6. The summed E-state index contributed by atoms with van der Waals surface area (Å²) >= 11 is 0. The van der Waals surface area contributed by atoms with Crippen LogP contribution in [-0.2, 0) is 44.9 Å². The topological polar surface area (TPSA) is 114 Å². The number of hydrogen-bond donors (Lipinski definition) is 2. The molecule has 1 aliphatic carbocycles. The van der Waals surface area contributed by atoms with Crippen LogP contribution in [0.15, 0.2) is 12.7 Å². The number of hydrogen-bond acceptors (Lipinski definition) is 6. The van der Waals surface area contributed by atoms with Crippen molar-refractivity contribution in [1.82, 2.24) is 15.5 Å². The molecule has 1 saturated heterocycles. The number of nitrogens with zero attached hydrogens (tertiary/aromatic N) is 1. The standard InChI is InChI=1S/C24H38N3O6.W/c1-9-15-14-24(15,20(30)32-10-2)26-18(28)16-12-11-13-27(16)19(29)17(22(3,4)5)25-21(31)33-23(6,7)8;/h9,11,15-17H,1,10,12-14H2,2-8H3,(H,25,31)(H,26,28);/q-1;/t15-,16+,17-,24-;/m1./s1. The fourth-order valence-electron chi connectivity index (χ4n) is 3.92. The Hall–Kier alpha value is -1.89. The van der Waals surface area contributed by atoms with E-state index in [9.17, 15) is 19.2 Å². The van der Waals surface area contributed by atoms with Gasteiger partial charge in [0.05, 0.1) is 12.6 Å². The first-order valence-corrected chi connectivity index (χ1v) is 11.4. The van der Waals surface area contributed by atoms with Gasteiger partial charge >= 0.3 is 12.1 Å². The Morgan fingerprint density at radius 2 is 1.82 bits per heavy atom. The summed E-state index contributed by atoms with van der Waals surface area (Å²) in [5, 5.41) is 5.49. The molecule has 0 aromatic rings. The van der Waals surface area contributed by atoms with Gasteiger partial charge in [-0.3, -0.25) is 9.59 Å². The predicted molar refractivity (Wildman–Crippen MR) is 123 cm³/mol. The molecule has 0 aromatic heterocycles. The summed E-state index contributed by atoms with van der Waals surface area (Å²) < 4.78 is 10.5. The van der Waals surface area contributed by atoms with Crippen molar-refractivity contribution in [2.75, 3.05) is 13.2 Å². The molecule has 0 spiro atoms. The number of nitrogens with one attached hydrogen (secondary N) is 2. The number of amides is 3. The van der Waals surface area contributed by atoms with Crippen molar-refractivity contribution < 1.29 is 49.7 Å². The van der Waals surface area contributed by atoms with E-state index in [-0.39, 0.29) is 46.0 Å². The molecule has 192 valence electrons. The molecule has 3 amide bonds. The molecule has 1 heterocycles. The number of carbonyl (C=O) groups is 4. The van der Waals surface area contributed by atoms with E-state index in [0.717, 1.165) is 0 Å². The summed E-state index contributed by atoms with van der Waals surface area (Å²) in [7, 11) is 0. The first kappa shape index (κ1) is 30.1. The average Bonchev–Trinajstić information content (AvgIpc) is 3.16. The van der Waals surface area contributed by atoms with Gasteiger partial charge in [0.15, 0.2) is 0 Å². The van der Waals surface area contributed by atoms with Gasteiger partial charge in [0.1, 0.15) is 17.2 Å². The van der Waals surface area contributed by atoms with Crippen molar-refractivity contribution in [3.05, 3.63) is 19.1 Å². The molecule has 2 rings (SSSR count). The molecule has 2 fully saturated rings. The van der Waals surface area contributed by atoms with Crippen molar-refractivity contribution in [2.24, 2.45) is 11.3 Å². The van der Waals surface area contributed by atoms with Crippen molar-refractivity contribution >= 4 is 23.9 Å². The molecule has 4 atom stereocenters.